The second kappa shape index (κ2) is 5.78. The number of anilines is 1. The maximum Gasteiger partial charge on any atom is 0.103 e. The number of aryl methyl sites for hydroxylation is 2. The normalized spacial score (nSPS) is 13.8. The lowest BCUT2D eigenvalue weighted by molar-refractivity contribution is 0.683. The number of aromatic nitrogens is 1. The third-order valence-electron chi connectivity index (χ3n) is 2.33. The van der Waals surface area contributed by atoms with Crippen LogP contribution in [-0.2, 0) is 10.8 Å². The maximum atomic E-state index is 11.1. The van der Waals surface area contributed by atoms with Crippen LogP contribution in [0.2, 0.25) is 0 Å². The van der Waals surface area contributed by atoms with Crippen molar-refractivity contribution in [2.75, 3.05) is 17.3 Å². The monoisotopic (exact) mass is 251 g/mol. The summed E-state index contributed by atoms with van der Waals surface area (Å²) in [5, 5.41) is 12.3. The Morgan fingerprint density at radius 3 is 2.76 bits per heavy atom. The van der Waals surface area contributed by atoms with Crippen molar-refractivity contribution in [3.63, 3.8) is 0 Å². The van der Waals surface area contributed by atoms with Crippen molar-refractivity contribution in [3.05, 3.63) is 23.0 Å². The lowest BCUT2D eigenvalue weighted by atomic mass is 10.1. The van der Waals surface area contributed by atoms with Crippen molar-refractivity contribution in [3.8, 4) is 6.07 Å². The van der Waals surface area contributed by atoms with Crippen molar-refractivity contribution in [2.24, 2.45) is 0 Å². The number of nitrogens with one attached hydrogen (secondary N) is 1. The van der Waals surface area contributed by atoms with E-state index < -0.39 is 10.8 Å². The minimum Gasteiger partial charge on any atom is -0.380 e. The Labute approximate surface area is 105 Å². The summed E-state index contributed by atoms with van der Waals surface area (Å²) in [6.45, 7) is 5.66. The first-order valence-electron chi connectivity index (χ1n) is 5.39. The van der Waals surface area contributed by atoms with E-state index in [0.717, 1.165) is 17.1 Å². The molecule has 92 valence electrons. The fourth-order valence-corrected chi connectivity index (χ4v) is 2.53. The molecule has 0 aliphatic carbocycles. The summed E-state index contributed by atoms with van der Waals surface area (Å²) in [7, 11) is -0.850. The third kappa shape index (κ3) is 3.82. The van der Waals surface area contributed by atoms with Gasteiger partial charge in [-0.25, -0.2) is 0 Å². The van der Waals surface area contributed by atoms with Crippen molar-refractivity contribution in [2.45, 2.75) is 26.8 Å². The largest absolute Gasteiger partial charge is 0.380 e. The van der Waals surface area contributed by atoms with Crippen LogP contribution in [0.3, 0.4) is 0 Å². The topological polar surface area (TPSA) is 65.8 Å². The Balaban J connectivity index is 2.98. The Hall–Kier alpha value is -1.41. The molecule has 0 amide bonds. The van der Waals surface area contributed by atoms with E-state index in [0.29, 0.717) is 11.3 Å². The summed E-state index contributed by atoms with van der Waals surface area (Å²) in [6.07, 6.45) is 1.67. The first-order valence-corrected chi connectivity index (χ1v) is 7.11. The van der Waals surface area contributed by atoms with Gasteiger partial charge in [0.15, 0.2) is 0 Å². The van der Waals surface area contributed by atoms with Crippen molar-refractivity contribution < 1.29 is 4.21 Å². The molecule has 5 heteroatoms. The minimum absolute atomic E-state index is 0.0640. The lowest BCUT2D eigenvalue weighted by Crippen LogP contribution is -2.23. The maximum absolute atomic E-state index is 11.1. The first kappa shape index (κ1) is 13.7. The molecule has 0 saturated carbocycles. The highest BCUT2D eigenvalue weighted by molar-refractivity contribution is 7.84. The van der Waals surface area contributed by atoms with E-state index in [1.54, 1.807) is 6.26 Å². The van der Waals surface area contributed by atoms with Crippen LogP contribution in [0.1, 0.15) is 23.9 Å². The van der Waals surface area contributed by atoms with E-state index in [1.165, 1.54) is 0 Å². The van der Waals surface area contributed by atoms with Crippen LogP contribution in [0, 0.1) is 25.2 Å². The molecule has 0 spiro atoms. The summed E-state index contributed by atoms with van der Waals surface area (Å²) in [5.74, 6) is 0.561. The van der Waals surface area contributed by atoms with E-state index in [4.69, 9.17) is 5.26 Å². The molecule has 1 N–H and O–H groups in total. The standard InChI is InChI=1S/C12H17N3OS/c1-8-5-12(11(6-13)10(3)14-8)15-9(2)7-17(4)16/h5,9H,7H2,1-4H3,(H,14,15). The average Bonchev–Trinajstić information content (AvgIpc) is 2.15. The predicted molar refractivity (Wildman–Crippen MR) is 70.4 cm³/mol. The molecule has 1 heterocycles. The van der Waals surface area contributed by atoms with E-state index in [-0.39, 0.29) is 6.04 Å². The number of hydrogen-bond donors (Lipinski definition) is 1. The van der Waals surface area contributed by atoms with Gasteiger partial charge in [-0.15, -0.1) is 0 Å². The Morgan fingerprint density at radius 2 is 2.24 bits per heavy atom. The van der Waals surface area contributed by atoms with Gasteiger partial charge in [-0.3, -0.25) is 9.19 Å². The SMILES string of the molecule is Cc1cc(NC(C)CS(C)=O)c(C#N)c(C)n1. The molecule has 1 aromatic rings. The molecule has 0 aliphatic rings. The van der Waals surface area contributed by atoms with Gasteiger partial charge in [0.05, 0.1) is 16.9 Å². The van der Waals surface area contributed by atoms with E-state index in [1.807, 2.05) is 26.8 Å². The van der Waals surface area contributed by atoms with Crippen LogP contribution in [-0.4, -0.2) is 27.2 Å². The Bertz CT molecular complexity index is 479. The van der Waals surface area contributed by atoms with Crippen LogP contribution in [0.5, 0.6) is 0 Å². The van der Waals surface area contributed by atoms with E-state index in [9.17, 15) is 4.21 Å². The summed E-state index contributed by atoms with van der Waals surface area (Å²) in [5.41, 5.74) is 2.92. The molecule has 0 radical (unpaired) electrons. The van der Waals surface area contributed by atoms with Gasteiger partial charge in [0.1, 0.15) is 6.07 Å². The van der Waals surface area contributed by atoms with Gasteiger partial charge in [-0.2, -0.15) is 5.26 Å². The molecule has 1 rings (SSSR count). The van der Waals surface area contributed by atoms with Crippen molar-refractivity contribution >= 4 is 16.5 Å². The Kier molecular flexibility index (Phi) is 4.64. The fourth-order valence-electron chi connectivity index (χ4n) is 1.74. The summed E-state index contributed by atoms with van der Waals surface area (Å²) in [4.78, 5) is 4.25. The highest BCUT2D eigenvalue weighted by atomic mass is 32.2. The summed E-state index contributed by atoms with van der Waals surface area (Å²) in [6, 6.07) is 4.06. The molecule has 0 fully saturated rings. The molecule has 0 aromatic carbocycles. The van der Waals surface area contributed by atoms with Gasteiger partial charge in [0, 0.05) is 34.5 Å². The molecule has 17 heavy (non-hydrogen) atoms. The predicted octanol–water partition coefficient (Wildman–Crippen LogP) is 1.75. The Morgan fingerprint density at radius 1 is 1.59 bits per heavy atom. The fraction of sp³-hybridized carbons (Fsp3) is 0.500. The first-order chi connectivity index (χ1) is 7.93. The number of rotatable bonds is 4. The van der Waals surface area contributed by atoms with Gasteiger partial charge in [-0.05, 0) is 26.8 Å². The quantitative estimate of drug-likeness (QED) is 0.885. The smallest absolute Gasteiger partial charge is 0.103 e. The van der Waals surface area contributed by atoms with Crippen molar-refractivity contribution in [1.82, 2.24) is 4.98 Å². The van der Waals surface area contributed by atoms with Crippen LogP contribution in [0.4, 0.5) is 5.69 Å². The zero-order valence-corrected chi connectivity index (χ0v) is 11.4. The zero-order valence-electron chi connectivity index (χ0n) is 10.6. The molecule has 0 bridgehead atoms. The number of nitrogens with zero attached hydrogens (tertiary/aromatic N) is 2. The van der Waals surface area contributed by atoms with Crippen LogP contribution < -0.4 is 5.32 Å². The molecule has 0 aliphatic heterocycles. The third-order valence-corrected chi connectivity index (χ3v) is 3.30. The van der Waals surface area contributed by atoms with Crippen molar-refractivity contribution in [1.29, 1.82) is 5.26 Å². The second-order valence-corrected chi connectivity index (χ2v) is 5.65. The van der Waals surface area contributed by atoms with Crippen LogP contribution in [0.25, 0.3) is 0 Å². The number of pyridine rings is 1. The highest BCUT2D eigenvalue weighted by Crippen LogP contribution is 2.19. The average molecular weight is 251 g/mol. The molecular formula is C12H17N3OS. The van der Waals surface area contributed by atoms with Crippen LogP contribution in [0.15, 0.2) is 6.07 Å². The van der Waals surface area contributed by atoms with Gasteiger partial charge in [-0.1, -0.05) is 0 Å². The summed E-state index contributed by atoms with van der Waals surface area (Å²) < 4.78 is 11.1. The van der Waals surface area contributed by atoms with Crippen LogP contribution >= 0.6 is 0 Å². The van der Waals surface area contributed by atoms with E-state index >= 15 is 0 Å². The van der Waals surface area contributed by atoms with Gasteiger partial charge >= 0.3 is 0 Å². The second-order valence-electron chi connectivity index (χ2n) is 4.17. The zero-order chi connectivity index (χ0) is 13.0. The van der Waals surface area contributed by atoms with Gasteiger partial charge in [0.25, 0.3) is 0 Å². The molecular weight excluding hydrogens is 234 g/mol. The van der Waals surface area contributed by atoms with E-state index in [2.05, 4.69) is 16.4 Å². The van der Waals surface area contributed by atoms with Gasteiger partial charge < -0.3 is 5.32 Å². The molecule has 4 nitrogen and oxygen atoms in total. The molecule has 0 saturated heterocycles. The minimum atomic E-state index is -0.850. The lowest BCUT2D eigenvalue weighted by Gasteiger charge is -2.16. The molecule has 2 unspecified atom stereocenters. The number of nitriles is 1. The molecule has 1 aromatic heterocycles. The highest BCUT2D eigenvalue weighted by Gasteiger charge is 2.11. The molecule has 2 atom stereocenters. The van der Waals surface area contributed by atoms with Gasteiger partial charge in [0.2, 0.25) is 0 Å². The summed E-state index contributed by atoms with van der Waals surface area (Å²) >= 11 is 0. The number of hydrogen-bond acceptors (Lipinski definition) is 4.